The van der Waals surface area contributed by atoms with E-state index in [1.54, 1.807) is 0 Å². The van der Waals surface area contributed by atoms with Crippen LogP contribution in [0.25, 0.3) is 11.0 Å². The number of rotatable bonds is 4. The standard InChI is InChI=1S/C22H21F3N6O3/c23-9-1-8(2-10(24)3-9)14-4-11(25)6-31(14)22(34)17-15-20(26-7-27-21(15)30-29-17)28-16-12-5-13(12)18(32)19(16)33/h1-3,7,11-14,16,18-19,32-33H,4-6H2,(H2,26,27,28,29,30)/t11-,12-,13+,14+,16+,18+,19-/m0/s1. The molecule has 3 aromatic rings. The van der Waals surface area contributed by atoms with E-state index in [1.165, 1.54) is 11.2 Å². The number of aromatic amines is 1. The molecule has 1 aromatic carbocycles. The average Bonchev–Trinajstić information content (AvgIpc) is 3.19. The molecule has 9 nitrogen and oxygen atoms in total. The fourth-order valence-electron chi connectivity index (χ4n) is 5.47. The summed E-state index contributed by atoms with van der Waals surface area (Å²) in [7, 11) is 0. The van der Waals surface area contributed by atoms with Gasteiger partial charge in [-0.25, -0.2) is 23.1 Å². The summed E-state index contributed by atoms with van der Waals surface area (Å²) in [5.41, 5.74) is 0.340. The molecule has 1 aliphatic heterocycles. The molecule has 3 aliphatic rings. The molecule has 178 valence electrons. The third-order valence-corrected chi connectivity index (χ3v) is 7.16. The van der Waals surface area contributed by atoms with E-state index in [9.17, 15) is 28.2 Å². The lowest BCUT2D eigenvalue weighted by atomic mass is 10.0. The number of anilines is 1. The van der Waals surface area contributed by atoms with Crippen molar-refractivity contribution in [3.63, 3.8) is 0 Å². The maximum Gasteiger partial charge on any atom is 0.273 e. The number of alkyl halides is 1. The minimum absolute atomic E-state index is 0.00513. The van der Waals surface area contributed by atoms with Crippen molar-refractivity contribution >= 4 is 22.8 Å². The first-order valence-electron chi connectivity index (χ1n) is 11.0. The summed E-state index contributed by atoms with van der Waals surface area (Å²) in [4.78, 5) is 23.0. The molecule has 2 aromatic heterocycles. The van der Waals surface area contributed by atoms with Crippen molar-refractivity contribution in [3.8, 4) is 0 Å². The summed E-state index contributed by atoms with van der Waals surface area (Å²) in [6.07, 6.45) is -1.25. The maximum absolute atomic E-state index is 14.4. The molecular formula is C22H21F3N6O3. The van der Waals surface area contributed by atoms with Crippen LogP contribution in [0.1, 0.15) is 34.9 Å². The lowest BCUT2D eigenvalue weighted by Crippen LogP contribution is -2.38. The quantitative estimate of drug-likeness (QED) is 0.453. The van der Waals surface area contributed by atoms with Crippen LogP contribution in [0.4, 0.5) is 19.0 Å². The van der Waals surface area contributed by atoms with Gasteiger partial charge in [-0.15, -0.1) is 0 Å². The van der Waals surface area contributed by atoms with E-state index in [4.69, 9.17) is 0 Å². The summed E-state index contributed by atoms with van der Waals surface area (Å²) in [6.45, 7) is -0.254. The van der Waals surface area contributed by atoms with Crippen LogP contribution in [-0.2, 0) is 0 Å². The smallest absolute Gasteiger partial charge is 0.273 e. The summed E-state index contributed by atoms with van der Waals surface area (Å²) in [5.74, 6) is -1.89. The second kappa shape index (κ2) is 7.64. The number of amides is 1. The molecule has 3 heterocycles. The molecule has 4 N–H and O–H groups in total. The number of aromatic nitrogens is 4. The van der Waals surface area contributed by atoms with Crippen LogP contribution in [0.15, 0.2) is 24.5 Å². The highest BCUT2D eigenvalue weighted by atomic mass is 19.1. The Bertz CT molecular complexity index is 1270. The molecule has 7 atom stereocenters. The minimum Gasteiger partial charge on any atom is -0.390 e. The van der Waals surface area contributed by atoms with E-state index in [1.807, 2.05) is 0 Å². The largest absolute Gasteiger partial charge is 0.390 e. The number of hydrogen-bond acceptors (Lipinski definition) is 7. The van der Waals surface area contributed by atoms with Gasteiger partial charge in [-0.05, 0) is 36.0 Å². The Morgan fingerprint density at radius 2 is 1.85 bits per heavy atom. The van der Waals surface area contributed by atoms with Crippen LogP contribution in [0.2, 0.25) is 0 Å². The van der Waals surface area contributed by atoms with Gasteiger partial charge in [0, 0.05) is 12.5 Å². The monoisotopic (exact) mass is 474 g/mol. The van der Waals surface area contributed by atoms with E-state index in [0.717, 1.165) is 18.6 Å². The highest BCUT2D eigenvalue weighted by molar-refractivity contribution is 6.07. The highest BCUT2D eigenvalue weighted by Crippen LogP contribution is 2.53. The summed E-state index contributed by atoms with van der Waals surface area (Å²) < 4.78 is 42.0. The van der Waals surface area contributed by atoms with Gasteiger partial charge >= 0.3 is 0 Å². The predicted octanol–water partition coefficient (Wildman–Crippen LogP) is 1.71. The van der Waals surface area contributed by atoms with Gasteiger partial charge in [0.1, 0.15) is 41.7 Å². The molecule has 1 saturated heterocycles. The summed E-state index contributed by atoms with van der Waals surface area (Å²) in [5, 5.41) is 30.6. The first-order valence-corrected chi connectivity index (χ1v) is 11.0. The number of benzene rings is 1. The molecule has 3 fully saturated rings. The number of H-pyrrole nitrogens is 1. The van der Waals surface area contributed by atoms with Crippen LogP contribution in [0.5, 0.6) is 0 Å². The van der Waals surface area contributed by atoms with E-state index in [2.05, 4.69) is 25.5 Å². The zero-order valence-corrected chi connectivity index (χ0v) is 17.7. The fourth-order valence-corrected chi connectivity index (χ4v) is 5.47. The predicted molar refractivity (Wildman–Crippen MR) is 112 cm³/mol. The Kier molecular flexibility index (Phi) is 4.78. The molecule has 0 bridgehead atoms. The van der Waals surface area contributed by atoms with Crippen LogP contribution in [-0.4, -0.2) is 72.2 Å². The number of carbonyl (C=O) groups is 1. The van der Waals surface area contributed by atoms with Gasteiger partial charge in [0.25, 0.3) is 5.91 Å². The number of carbonyl (C=O) groups excluding carboxylic acids is 1. The number of nitrogens with zero attached hydrogens (tertiary/aromatic N) is 4. The molecule has 0 spiro atoms. The Labute approximate surface area is 191 Å². The molecular weight excluding hydrogens is 453 g/mol. The highest BCUT2D eigenvalue weighted by Gasteiger charge is 2.59. The minimum atomic E-state index is -1.37. The van der Waals surface area contributed by atoms with E-state index < -0.39 is 48.0 Å². The van der Waals surface area contributed by atoms with Gasteiger partial charge in [0.2, 0.25) is 0 Å². The van der Waals surface area contributed by atoms with Crippen LogP contribution < -0.4 is 5.32 Å². The molecule has 0 unspecified atom stereocenters. The van der Waals surface area contributed by atoms with Gasteiger partial charge in [-0.2, -0.15) is 5.10 Å². The summed E-state index contributed by atoms with van der Waals surface area (Å²) in [6, 6.07) is 1.57. The zero-order valence-electron chi connectivity index (χ0n) is 17.7. The van der Waals surface area contributed by atoms with Crippen molar-refractivity contribution in [3.05, 3.63) is 47.4 Å². The Hall–Kier alpha value is -3.25. The third kappa shape index (κ3) is 3.31. The van der Waals surface area contributed by atoms with Crippen LogP contribution >= 0.6 is 0 Å². The van der Waals surface area contributed by atoms with E-state index in [-0.39, 0.29) is 52.9 Å². The number of aliphatic hydroxyl groups excluding tert-OH is 2. The lowest BCUT2D eigenvalue weighted by molar-refractivity contribution is 0.0201. The molecule has 34 heavy (non-hydrogen) atoms. The number of halogens is 3. The second-order valence-corrected chi connectivity index (χ2v) is 9.24. The molecule has 0 radical (unpaired) electrons. The zero-order chi connectivity index (χ0) is 23.7. The van der Waals surface area contributed by atoms with Crippen molar-refractivity contribution in [2.24, 2.45) is 11.8 Å². The number of aliphatic hydroxyl groups is 2. The number of likely N-dealkylation sites (tertiary alicyclic amines) is 1. The van der Waals surface area contributed by atoms with E-state index >= 15 is 0 Å². The fraction of sp³-hybridized carbons (Fsp3) is 0.455. The molecule has 1 amide bonds. The van der Waals surface area contributed by atoms with Crippen LogP contribution in [0, 0.1) is 23.5 Å². The second-order valence-electron chi connectivity index (χ2n) is 9.24. The number of fused-ring (bicyclic) bond motifs is 2. The van der Waals surface area contributed by atoms with Gasteiger partial charge in [0.15, 0.2) is 5.65 Å². The normalized spacial score (nSPS) is 32.3. The van der Waals surface area contributed by atoms with Crippen molar-refractivity contribution in [1.29, 1.82) is 0 Å². The molecule has 12 heteroatoms. The molecule has 6 rings (SSSR count). The SMILES string of the molecule is O=C(c1[nH]nc2ncnc(N[C@H]3[C@H](O)[C@H](O)[C@@H]4C[C@@H]43)c12)N1C[C@@H](F)C[C@@H]1c1cc(F)cc(F)c1. The van der Waals surface area contributed by atoms with Gasteiger partial charge < -0.3 is 20.4 Å². The Balaban J connectivity index is 1.35. The van der Waals surface area contributed by atoms with Gasteiger partial charge in [0.05, 0.1) is 30.1 Å². The first kappa shape index (κ1) is 21.3. The number of nitrogens with one attached hydrogen (secondary N) is 2. The average molecular weight is 474 g/mol. The lowest BCUT2D eigenvalue weighted by Gasteiger charge is -2.25. The Morgan fingerprint density at radius 3 is 2.56 bits per heavy atom. The third-order valence-electron chi connectivity index (χ3n) is 7.16. The van der Waals surface area contributed by atoms with Crippen molar-refractivity contribution in [2.75, 3.05) is 11.9 Å². The van der Waals surface area contributed by atoms with Gasteiger partial charge in [-0.3, -0.25) is 9.89 Å². The van der Waals surface area contributed by atoms with Crippen molar-refractivity contribution in [1.82, 2.24) is 25.1 Å². The van der Waals surface area contributed by atoms with Crippen molar-refractivity contribution in [2.45, 2.75) is 43.3 Å². The molecule has 2 aliphatic carbocycles. The Morgan fingerprint density at radius 1 is 1.09 bits per heavy atom. The molecule has 2 saturated carbocycles. The van der Waals surface area contributed by atoms with E-state index in [0.29, 0.717) is 6.07 Å². The summed E-state index contributed by atoms with van der Waals surface area (Å²) >= 11 is 0. The van der Waals surface area contributed by atoms with Crippen molar-refractivity contribution < 1.29 is 28.2 Å². The van der Waals surface area contributed by atoms with Crippen LogP contribution in [0.3, 0.4) is 0 Å². The maximum atomic E-state index is 14.4. The first-order chi connectivity index (χ1) is 16.3. The topological polar surface area (TPSA) is 127 Å². The number of hydrogen-bond donors (Lipinski definition) is 4. The van der Waals surface area contributed by atoms with Gasteiger partial charge in [-0.1, -0.05) is 0 Å².